The van der Waals surface area contributed by atoms with Gasteiger partial charge in [0.1, 0.15) is 5.82 Å². The summed E-state index contributed by atoms with van der Waals surface area (Å²) in [6.07, 6.45) is 0. The second kappa shape index (κ2) is 17.2. The molecule has 0 aliphatic heterocycles. The molecule has 1 N–H and O–H groups in total. The Bertz CT molecular complexity index is 2080. The molecule has 6 aromatic carbocycles. The van der Waals surface area contributed by atoms with Gasteiger partial charge in [-0.1, -0.05) is 137 Å². The van der Waals surface area contributed by atoms with Gasteiger partial charge in [0.05, 0.1) is 19.6 Å². The van der Waals surface area contributed by atoms with Crippen LogP contribution in [0.2, 0.25) is 0 Å². The van der Waals surface area contributed by atoms with Crippen LogP contribution in [0.4, 0.5) is 8.78 Å². The first-order valence-electron chi connectivity index (χ1n) is 14.4. The van der Waals surface area contributed by atoms with Crippen molar-refractivity contribution in [3.63, 3.8) is 0 Å². The smallest absolute Gasteiger partial charge is 1.00 e. The average Bonchev–Trinajstić information content (AvgIpc) is 3.57. The minimum absolute atomic E-state index is 0. The van der Waals surface area contributed by atoms with Crippen molar-refractivity contribution in [2.24, 2.45) is 0 Å². The van der Waals surface area contributed by atoms with E-state index in [0.29, 0.717) is 0 Å². The van der Waals surface area contributed by atoms with Crippen LogP contribution < -0.4 is 29.6 Å². The summed E-state index contributed by atoms with van der Waals surface area (Å²) < 4.78 is 33.8. The van der Waals surface area contributed by atoms with Gasteiger partial charge < -0.3 is 11.0 Å². The van der Waals surface area contributed by atoms with E-state index in [9.17, 15) is 8.78 Å². The van der Waals surface area contributed by atoms with Crippen molar-refractivity contribution in [1.29, 1.82) is 0 Å². The van der Waals surface area contributed by atoms with Gasteiger partial charge in [-0.05, 0) is 60.7 Å². The molecule has 0 atom stereocenters. The quantitative estimate of drug-likeness (QED) is 0.159. The normalized spacial score (nSPS) is 10.6. The summed E-state index contributed by atoms with van der Waals surface area (Å²) in [5.74, 6) is -0.240. The monoisotopic (exact) mass is 877 g/mol. The van der Waals surface area contributed by atoms with Gasteiger partial charge in [-0.25, -0.2) is 4.39 Å². The van der Waals surface area contributed by atoms with Gasteiger partial charge in [0.2, 0.25) is 0 Å². The molecule has 0 aliphatic rings. The van der Waals surface area contributed by atoms with E-state index in [-0.39, 0.29) is 36.8 Å². The van der Waals surface area contributed by atoms with Gasteiger partial charge in [0.25, 0.3) is 0 Å². The topological polar surface area (TPSA) is 20.7 Å². The van der Waals surface area contributed by atoms with Crippen LogP contribution in [0.15, 0.2) is 151 Å². The third-order valence-corrected chi connectivity index (χ3v) is 8.76. The second-order valence-corrected chi connectivity index (χ2v) is 13.5. The number of aromatic amines is 1. The first-order chi connectivity index (χ1) is 22.3. The molecule has 0 amide bonds. The summed E-state index contributed by atoms with van der Waals surface area (Å²) in [5, 5.41) is 5.17. The van der Waals surface area contributed by atoms with E-state index in [2.05, 4.69) is 189 Å². The minimum Gasteiger partial charge on any atom is -1.00 e. The molecule has 0 aliphatic carbocycles. The minimum atomic E-state index is -1.00. The fraction of sp³-hybridized carbons (Fsp3) is 0.0270. The Hall–Kier alpha value is -2.30. The third kappa shape index (κ3) is 8.58. The van der Waals surface area contributed by atoms with Crippen LogP contribution in [0.25, 0.3) is 49.3 Å². The summed E-state index contributed by atoms with van der Waals surface area (Å²) >= 11 is 13.5. The van der Waals surface area contributed by atoms with Crippen molar-refractivity contribution in [3.05, 3.63) is 157 Å². The molecule has 0 unspecified atom stereocenters. The van der Waals surface area contributed by atoms with E-state index in [1.165, 1.54) is 55.7 Å². The first-order valence-corrected chi connectivity index (χ1v) is 16.8. The number of hydrogen-bond donors (Lipinski definition) is 1. The summed E-state index contributed by atoms with van der Waals surface area (Å²) in [4.78, 5) is 3.38. The Morgan fingerprint density at radius 2 is 0.913 bits per heavy atom. The largest absolute Gasteiger partial charge is 1.00 e. The second-order valence-electron chi connectivity index (χ2n) is 9.80. The maximum Gasteiger partial charge on any atom is 1.00 e. The molecule has 46 heavy (non-hydrogen) atoms. The SMILES string of the molecule is Brc1cc(Br)cc(-n2c3ccccc3c3ccccc32)c1.Fc1cc(Br)cc(Br)c1.[2H]CF.[H-].[Na+].c1ccc2c(c1)[nH]c1ccccc12. The zero-order valence-corrected chi connectivity index (χ0v) is 33.0. The molecule has 0 fully saturated rings. The number of aromatic nitrogens is 2. The van der Waals surface area contributed by atoms with Crippen molar-refractivity contribution >= 4 is 107 Å². The molecular formula is C37H27Br4F2N2Na. The molecule has 0 bridgehead atoms. The zero-order chi connectivity index (χ0) is 32.6. The number of alkyl halides is 1. The van der Waals surface area contributed by atoms with E-state index in [1.807, 2.05) is 0 Å². The summed E-state index contributed by atoms with van der Waals surface area (Å²) in [7, 11) is -1.00. The average molecular weight is 881 g/mol. The number of rotatable bonds is 1. The van der Waals surface area contributed by atoms with Gasteiger partial charge in [-0.2, -0.15) is 0 Å². The Kier molecular flexibility index (Phi) is 13.1. The molecule has 2 heterocycles. The van der Waals surface area contributed by atoms with Gasteiger partial charge >= 0.3 is 29.6 Å². The molecular weight excluding hydrogens is 853 g/mol. The number of nitrogens with one attached hydrogen (secondary N) is 1. The molecule has 0 radical (unpaired) electrons. The molecule has 228 valence electrons. The van der Waals surface area contributed by atoms with Crippen LogP contribution in [0.3, 0.4) is 0 Å². The van der Waals surface area contributed by atoms with Crippen LogP contribution in [-0.2, 0) is 0 Å². The molecule has 8 aromatic rings. The standard InChI is InChI=1S/C18H11Br2N.C12H9N.C6H3Br2F.CH3F.Na.H/c19-12-9-13(20)11-14(10-12)21-17-7-3-1-5-15(17)16-6-2-4-8-18(16)21;1-3-7-11-9(5-1)10-6-2-4-8-12(10)13-11;7-4-1-5(8)3-6(9)2-4;1-2;;/h1-11H;1-8,13H;1-3H;1H3;;/q;;;;+1;-1/i;;;1D;;. The number of H-pyrrole nitrogens is 1. The van der Waals surface area contributed by atoms with E-state index in [0.717, 1.165) is 23.6 Å². The van der Waals surface area contributed by atoms with Crippen LogP contribution in [0.1, 0.15) is 2.80 Å². The van der Waals surface area contributed by atoms with Crippen molar-refractivity contribution in [1.82, 2.24) is 9.55 Å². The van der Waals surface area contributed by atoms with Gasteiger partial charge in [0.15, 0.2) is 0 Å². The van der Waals surface area contributed by atoms with E-state index < -0.39 is 7.15 Å². The van der Waals surface area contributed by atoms with Gasteiger partial charge in [-0.15, -0.1) is 0 Å². The molecule has 9 heteroatoms. The predicted octanol–water partition coefficient (Wildman–Crippen LogP) is 10.7. The van der Waals surface area contributed by atoms with Crippen molar-refractivity contribution < 1.29 is 41.1 Å². The molecule has 0 spiro atoms. The Morgan fingerprint density at radius 3 is 1.33 bits per heavy atom. The van der Waals surface area contributed by atoms with Gasteiger partial charge in [0, 0.05) is 56.2 Å². The predicted molar refractivity (Wildman–Crippen MR) is 202 cm³/mol. The maximum atomic E-state index is 12.4. The number of benzene rings is 6. The maximum absolute atomic E-state index is 12.4. The van der Waals surface area contributed by atoms with Crippen LogP contribution in [-0.4, -0.2) is 16.7 Å². The van der Waals surface area contributed by atoms with E-state index in [4.69, 9.17) is 1.37 Å². The van der Waals surface area contributed by atoms with Gasteiger partial charge in [-0.3, -0.25) is 4.39 Å². The number of fused-ring (bicyclic) bond motifs is 6. The number of nitrogens with zero attached hydrogens (tertiary/aromatic N) is 1. The number of halogens is 6. The van der Waals surface area contributed by atoms with Crippen LogP contribution in [0.5, 0.6) is 0 Å². The van der Waals surface area contributed by atoms with E-state index in [1.54, 1.807) is 6.07 Å². The van der Waals surface area contributed by atoms with Crippen molar-refractivity contribution in [3.8, 4) is 5.69 Å². The number of para-hydroxylation sites is 4. The van der Waals surface area contributed by atoms with Crippen molar-refractivity contribution in [2.45, 2.75) is 0 Å². The molecule has 8 rings (SSSR count). The third-order valence-electron chi connectivity index (χ3n) is 6.93. The zero-order valence-electron chi connectivity index (χ0n) is 26.6. The summed E-state index contributed by atoms with van der Waals surface area (Å²) in [6, 6.07) is 44.8. The van der Waals surface area contributed by atoms with Crippen molar-refractivity contribution in [2.75, 3.05) is 7.15 Å². The Morgan fingerprint density at radius 1 is 0.565 bits per heavy atom. The Labute approximate surface area is 324 Å². The molecule has 2 aromatic heterocycles. The van der Waals surface area contributed by atoms with Crippen LogP contribution in [0, 0.1) is 5.82 Å². The molecule has 0 saturated carbocycles. The molecule has 0 saturated heterocycles. The van der Waals surface area contributed by atoms with E-state index >= 15 is 0 Å². The fourth-order valence-corrected chi connectivity index (χ4v) is 7.70. The molecule has 2 nitrogen and oxygen atoms in total. The fourth-order valence-electron chi connectivity index (χ4n) is 5.19. The number of hydrogen-bond acceptors (Lipinski definition) is 0. The van der Waals surface area contributed by atoms with Crippen LogP contribution >= 0.6 is 63.7 Å². The summed E-state index contributed by atoms with van der Waals surface area (Å²) in [5.41, 5.74) is 6.02. The summed E-state index contributed by atoms with van der Waals surface area (Å²) in [6.45, 7) is 0. The Balaban J connectivity index is 0.000000199. The first kappa shape index (κ1) is 35.0.